The van der Waals surface area contributed by atoms with E-state index in [1.807, 2.05) is 0 Å². The first-order chi connectivity index (χ1) is 5.56. The van der Waals surface area contributed by atoms with Gasteiger partial charge in [0.15, 0.2) is 0 Å². The minimum Gasteiger partial charge on any atom is -0.481 e. The average Bonchev–Trinajstić information content (AvgIpc) is 1.99. The molecule has 0 rings (SSSR count). The molecule has 0 amide bonds. The largest absolute Gasteiger partial charge is 0.481 e. The fourth-order valence-electron chi connectivity index (χ4n) is 0.732. The number of carboxylic acids is 1. The predicted octanol–water partition coefficient (Wildman–Crippen LogP) is 0.163. The minimum atomic E-state index is -0.952. The van der Waals surface area contributed by atoms with Crippen molar-refractivity contribution in [2.24, 2.45) is 5.73 Å². The van der Waals surface area contributed by atoms with E-state index in [1.54, 1.807) is 0 Å². The fraction of sp³-hybridized carbons (Fsp3) is 0.714. The summed E-state index contributed by atoms with van der Waals surface area (Å²) in [7, 11) is 1.28. The van der Waals surface area contributed by atoms with Gasteiger partial charge < -0.3 is 15.6 Å². The van der Waals surface area contributed by atoms with Gasteiger partial charge in [0.05, 0.1) is 13.5 Å². The van der Waals surface area contributed by atoms with Crippen molar-refractivity contribution in [3.05, 3.63) is 0 Å². The van der Waals surface area contributed by atoms with Crippen LogP contribution in [0.1, 0.15) is 19.3 Å². The maximum atomic E-state index is 10.6. The first-order valence-corrected chi connectivity index (χ1v) is 3.60. The Morgan fingerprint density at radius 2 is 2.08 bits per heavy atom. The molecule has 6 heteroatoms. The summed E-state index contributed by atoms with van der Waals surface area (Å²) < 4.78 is 4.36. The number of aliphatic carboxylic acids is 1. The maximum absolute atomic E-state index is 10.6. The Hall–Kier alpha value is -0.810. The van der Waals surface area contributed by atoms with Crippen LogP contribution < -0.4 is 5.73 Å². The minimum absolute atomic E-state index is 0. The van der Waals surface area contributed by atoms with E-state index in [9.17, 15) is 9.59 Å². The molecule has 0 heterocycles. The molecule has 0 fully saturated rings. The summed E-state index contributed by atoms with van der Waals surface area (Å²) in [5, 5.41) is 8.31. The van der Waals surface area contributed by atoms with Crippen molar-refractivity contribution in [2.75, 3.05) is 7.11 Å². The second kappa shape index (κ2) is 7.82. The maximum Gasteiger partial charge on any atom is 0.305 e. The fourth-order valence-corrected chi connectivity index (χ4v) is 0.732. The molecule has 1 atom stereocenters. The first kappa shape index (κ1) is 14.7. The first-order valence-electron chi connectivity index (χ1n) is 3.60. The molecule has 0 unspecified atom stereocenters. The smallest absolute Gasteiger partial charge is 0.305 e. The summed E-state index contributed by atoms with van der Waals surface area (Å²) in [6.07, 6.45) is 0.404. The number of hydrogen-bond acceptors (Lipinski definition) is 4. The van der Waals surface area contributed by atoms with Gasteiger partial charge in [0, 0.05) is 12.5 Å². The molecule has 13 heavy (non-hydrogen) atoms. The van der Waals surface area contributed by atoms with Crippen LogP contribution >= 0.6 is 12.4 Å². The lowest BCUT2D eigenvalue weighted by atomic mass is 10.1. The van der Waals surface area contributed by atoms with E-state index in [1.165, 1.54) is 7.11 Å². The summed E-state index contributed by atoms with van der Waals surface area (Å²) in [6.45, 7) is 0. The summed E-state index contributed by atoms with van der Waals surface area (Å²) >= 11 is 0. The number of halogens is 1. The number of carbonyl (C=O) groups is 2. The number of nitrogens with two attached hydrogens (primary N) is 1. The van der Waals surface area contributed by atoms with Gasteiger partial charge >= 0.3 is 11.9 Å². The summed E-state index contributed by atoms with van der Waals surface area (Å²) in [6, 6.07) is -0.471. The second-order valence-electron chi connectivity index (χ2n) is 2.47. The van der Waals surface area contributed by atoms with E-state index in [0.29, 0.717) is 6.42 Å². The van der Waals surface area contributed by atoms with E-state index in [4.69, 9.17) is 10.8 Å². The lowest BCUT2D eigenvalue weighted by Gasteiger charge is -2.06. The summed E-state index contributed by atoms with van der Waals surface area (Å²) in [5.74, 6) is -1.32. The summed E-state index contributed by atoms with van der Waals surface area (Å²) in [5.41, 5.74) is 5.39. The van der Waals surface area contributed by atoms with Crippen molar-refractivity contribution in [1.82, 2.24) is 0 Å². The van der Waals surface area contributed by atoms with Crippen LogP contribution in [0.4, 0.5) is 0 Å². The Balaban J connectivity index is 0. The number of methoxy groups -OCH3 is 1. The lowest BCUT2D eigenvalue weighted by molar-refractivity contribution is -0.142. The third-order valence-corrected chi connectivity index (χ3v) is 1.38. The van der Waals surface area contributed by atoms with Gasteiger partial charge in [-0.2, -0.15) is 0 Å². The zero-order valence-electron chi connectivity index (χ0n) is 7.36. The molecule has 0 aromatic rings. The molecule has 0 aliphatic rings. The second-order valence-corrected chi connectivity index (χ2v) is 2.47. The van der Waals surface area contributed by atoms with Gasteiger partial charge in [0.25, 0.3) is 0 Å². The van der Waals surface area contributed by atoms with Gasteiger partial charge in [-0.1, -0.05) is 0 Å². The summed E-state index contributed by atoms with van der Waals surface area (Å²) in [4.78, 5) is 20.7. The highest BCUT2D eigenvalue weighted by Gasteiger charge is 2.10. The topological polar surface area (TPSA) is 89.6 Å². The lowest BCUT2D eigenvalue weighted by Crippen LogP contribution is -2.24. The van der Waals surface area contributed by atoms with Gasteiger partial charge in [0.1, 0.15) is 0 Å². The molecule has 0 aromatic heterocycles. The quantitative estimate of drug-likeness (QED) is 0.633. The number of rotatable bonds is 5. The molecule has 3 N–H and O–H groups in total. The van der Waals surface area contributed by atoms with Gasteiger partial charge in [0.2, 0.25) is 0 Å². The Kier molecular flexibility index (Phi) is 8.84. The molecule has 0 radical (unpaired) electrons. The Morgan fingerprint density at radius 3 is 2.46 bits per heavy atom. The van der Waals surface area contributed by atoms with Crippen molar-refractivity contribution >= 4 is 24.3 Å². The van der Waals surface area contributed by atoms with Crippen LogP contribution in [0.15, 0.2) is 0 Å². The molecule has 5 nitrogen and oxygen atoms in total. The Labute approximate surface area is 82.7 Å². The third kappa shape index (κ3) is 9.10. The standard InChI is InChI=1S/C7H13NO4.ClH/c1-12-7(11)3-2-5(8)4-6(9)10;/h5H,2-4,8H2,1H3,(H,9,10);1H/t5-;/m1./s1. The van der Waals surface area contributed by atoms with Gasteiger partial charge in [-0.15, -0.1) is 12.4 Å². The number of hydrogen-bond donors (Lipinski definition) is 2. The van der Waals surface area contributed by atoms with Gasteiger partial charge in [-0.3, -0.25) is 9.59 Å². The van der Waals surface area contributed by atoms with E-state index < -0.39 is 12.0 Å². The molecule has 0 spiro atoms. The van der Waals surface area contributed by atoms with Crippen LogP contribution in [0.3, 0.4) is 0 Å². The normalized spacial score (nSPS) is 11.2. The van der Waals surface area contributed by atoms with Crippen LogP contribution in [-0.2, 0) is 14.3 Å². The highest BCUT2D eigenvalue weighted by atomic mass is 35.5. The van der Waals surface area contributed by atoms with E-state index in [0.717, 1.165) is 0 Å². The SMILES string of the molecule is COC(=O)CC[C@@H](N)CC(=O)O.Cl. The average molecular weight is 212 g/mol. The van der Waals surface area contributed by atoms with Crippen molar-refractivity contribution in [2.45, 2.75) is 25.3 Å². The number of carboxylic acid groups (broad SMARTS) is 1. The molecule has 0 aliphatic carbocycles. The molecule has 78 valence electrons. The van der Waals surface area contributed by atoms with Crippen LogP contribution in [0.5, 0.6) is 0 Å². The van der Waals surface area contributed by atoms with Gasteiger partial charge in [-0.25, -0.2) is 0 Å². The van der Waals surface area contributed by atoms with E-state index >= 15 is 0 Å². The van der Waals surface area contributed by atoms with Crippen LogP contribution in [0.2, 0.25) is 0 Å². The highest BCUT2D eigenvalue weighted by Crippen LogP contribution is 1.99. The van der Waals surface area contributed by atoms with Gasteiger partial charge in [-0.05, 0) is 6.42 Å². The molecule has 0 saturated carbocycles. The highest BCUT2D eigenvalue weighted by molar-refractivity contribution is 5.85. The van der Waals surface area contributed by atoms with Crippen molar-refractivity contribution in [1.29, 1.82) is 0 Å². The van der Waals surface area contributed by atoms with E-state index in [-0.39, 0.29) is 31.2 Å². The number of esters is 1. The zero-order chi connectivity index (χ0) is 9.56. The Bertz CT molecular complexity index is 174. The van der Waals surface area contributed by atoms with E-state index in [2.05, 4.69) is 4.74 Å². The monoisotopic (exact) mass is 211 g/mol. The predicted molar refractivity (Wildman–Crippen MR) is 48.7 cm³/mol. The van der Waals surface area contributed by atoms with Crippen molar-refractivity contribution < 1.29 is 19.4 Å². The van der Waals surface area contributed by atoms with Crippen LogP contribution in [0.25, 0.3) is 0 Å². The molecule has 0 saturated heterocycles. The molecular weight excluding hydrogens is 198 g/mol. The number of ether oxygens (including phenoxy) is 1. The van der Waals surface area contributed by atoms with Crippen molar-refractivity contribution in [3.63, 3.8) is 0 Å². The van der Waals surface area contributed by atoms with Crippen LogP contribution in [-0.4, -0.2) is 30.2 Å². The molecule has 0 bridgehead atoms. The van der Waals surface area contributed by atoms with Crippen LogP contribution in [0, 0.1) is 0 Å². The number of carbonyl (C=O) groups excluding carboxylic acids is 1. The zero-order valence-corrected chi connectivity index (χ0v) is 8.17. The third-order valence-electron chi connectivity index (χ3n) is 1.38. The molecule has 0 aliphatic heterocycles. The molecule has 0 aromatic carbocycles. The van der Waals surface area contributed by atoms with Crippen molar-refractivity contribution in [3.8, 4) is 0 Å². The Morgan fingerprint density at radius 1 is 1.54 bits per heavy atom. The molecular formula is C7H14ClNO4.